The molecule has 2 aliphatic rings. The van der Waals surface area contributed by atoms with Gasteiger partial charge in [0, 0.05) is 18.2 Å². The summed E-state index contributed by atoms with van der Waals surface area (Å²) < 4.78 is 0. The summed E-state index contributed by atoms with van der Waals surface area (Å²) in [5.41, 5.74) is 3.19. The van der Waals surface area contributed by atoms with Gasteiger partial charge < -0.3 is 5.32 Å². The summed E-state index contributed by atoms with van der Waals surface area (Å²) in [5.74, 6) is 0.163. The molecule has 4 rings (SSSR count). The third-order valence-corrected chi connectivity index (χ3v) is 6.39. The molecule has 1 amide bonds. The molecule has 1 aromatic heterocycles. The molecule has 1 aliphatic heterocycles. The van der Waals surface area contributed by atoms with Gasteiger partial charge in [-0.2, -0.15) is 0 Å². The van der Waals surface area contributed by atoms with Gasteiger partial charge in [-0.25, -0.2) is 4.98 Å². The Labute approximate surface area is 153 Å². The van der Waals surface area contributed by atoms with E-state index in [1.165, 1.54) is 30.4 Å². The summed E-state index contributed by atoms with van der Waals surface area (Å²) in [5, 5.41) is 6.27. The van der Waals surface area contributed by atoms with Crippen LogP contribution in [0.4, 0.5) is 0 Å². The standard InChI is InChI=1S/C20H25N3OS/c1-15-22-18(14-25-15)13-21-19(24)20(23-9-5-2-6-10-23)11-16-7-3-4-8-17(16)12-20/h3-4,7-8,14H,2,5-6,9-13H2,1H3,(H,21,24). The average Bonchev–Trinajstić information content (AvgIpc) is 3.24. The number of aryl methyl sites for hydroxylation is 1. The molecule has 1 aliphatic carbocycles. The molecule has 25 heavy (non-hydrogen) atoms. The Bertz CT molecular complexity index is 739. The number of rotatable bonds is 4. The van der Waals surface area contributed by atoms with Crippen molar-refractivity contribution in [2.45, 2.75) is 51.1 Å². The SMILES string of the molecule is Cc1nc(CNC(=O)C2(N3CCCCC3)Cc3ccccc3C2)cs1. The minimum Gasteiger partial charge on any atom is -0.349 e. The highest BCUT2D eigenvalue weighted by Gasteiger charge is 2.48. The average molecular weight is 356 g/mol. The zero-order chi connectivity index (χ0) is 17.3. The van der Waals surface area contributed by atoms with Crippen molar-refractivity contribution in [3.63, 3.8) is 0 Å². The molecule has 0 radical (unpaired) electrons. The minimum absolute atomic E-state index is 0.163. The van der Waals surface area contributed by atoms with Crippen LogP contribution < -0.4 is 5.32 Å². The van der Waals surface area contributed by atoms with Crippen molar-refractivity contribution < 1.29 is 4.79 Å². The Morgan fingerprint density at radius 2 is 1.88 bits per heavy atom. The van der Waals surface area contributed by atoms with Crippen LogP contribution in [0.15, 0.2) is 29.6 Å². The number of thiazole rings is 1. The van der Waals surface area contributed by atoms with Gasteiger partial charge in [-0.05, 0) is 44.0 Å². The van der Waals surface area contributed by atoms with Gasteiger partial charge in [0.1, 0.15) is 5.54 Å². The molecule has 0 saturated carbocycles. The van der Waals surface area contributed by atoms with E-state index in [0.29, 0.717) is 6.54 Å². The first-order valence-electron chi connectivity index (χ1n) is 9.18. The van der Waals surface area contributed by atoms with E-state index in [-0.39, 0.29) is 5.91 Å². The second-order valence-electron chi connectivity index (χ2n) is 7.24. The van der Waals surface area contributed by atoms with Gasteiger partial charge in [-0.15, -0.1) is 11.3 Å². The molecule has 2 heterocycles. The topological polar surface area (TPSA) is 45.2 Å². The number of benzene rings is 1. The van der Waals surface area contributed by atoms with Gasteiger partial charge >= 0.3 is 0 Å². The first-order chi connectivity index (χ1) is 12.2. The van der Waals surface area contributed by atoms with E-state index in [1.54, 1.807) is 11.3 Å². The number of piperidine rings is 1. The number of amides is 1. The van der Waals surface area contributed by atoms with E-state index in [0.717, 1.165) is 36.6 Å². The highest BCUT2D eigenvalue weighted by atomic mass is 32.1. The molecule has 0 atom stereocenters. The maximum Gasteiger partial charge on any atom is 0.241 e. The second-order valence-corrected chi connectivity index (χ2v) is 8.30. The molecule has 4 nitrogen and oxygen atoms in total. The lowest BCUT2D eigenvalue weighted by atomic mass is 9.89. The number of carbonyl (C=O) groups is 1. The Morgan fingerprint density at radius 1 is 1.20 bits per heavy atom. The summed E-state index contributed by atoms with van der Waals surface area (Å²) >= 11 is 1.63. The highest BCUT2D eigenvalue weighted by Crippen LogP contribution is 2.36. The molecular formula is C20H25N3OS. The van der Waals surface area contributed by atoms with Gasteiger partial charge in [-0.1, -0.05) is 30.7 Å². The van der Waals surface area contributed by atoms with Crippen LogP contribution in [0.2, 0.25) is 0 Å². The molecule has 5 heteroatoms. The molecule has 1 N–H and O–H groups in total. The molecule has 0 spiro atoms. The van der Waals surface area contributed by atoms with Crippen molar-refractivity contribution in [2.24, 2.45) is 0 Å². The number of nitrogens with zero attached hydrogens (tertiary/aromatic N) is 2. The van der Waals surface area contributed by atoms with Crippen molar-refractivity contribution in [1.29, 1.82) is 0 Å². The van der Waals surface area contributed by atoms with Crippen LogP contribution >= 0.6 is 11.3 Å². The minimum atomic E-state index is -0.421. The van der Waals surface area contributed by atoms with Crippen LogP contribution in [0.25, 0.3) is 0 Å². The zero-order valence-electron chi connectivity index (χ0n) is 14.8. The predicted octanol–water partition coefficient (Wildman–Crippen LogP) is 3.09. The Kier molecular flexibility index (Phi) is 4.61. The number of fused-ring (bicyclic) bond motifs is 1. The lowest BCUT2D eigenvalue weighted by Gasteiger charge is -2.42. The summed E-state index contributed by atoms with van der Waals surface area (Å²) in [7, 11) is 0. The first-order valence-corrected chi connectivity index (χ1v) is 10.1. The Balaban J connectivity index is 1.56. The molecule has 0 bridgehead atoms. The molecule has 1 fully saturated rings. The number of aromatic nitrogens is 1. The Hall–Kier alpha value is -1.72. The lowest BCUT2D eigenvalue weighted by Crippen LogP contribution is -2.60. The number of carbonyl (C=O) groups excluding carboxylic acids is 1. The van der Waals surface area contributed by atoms with E-state index >= 15 is 0 Å². The monoisotopic (exact) mass is 355 g/mol. The van der Waals surface area contributed by atoms with Gasteiger partial charge in [0.15, 0.2) is 0 Å². The fourth-order valence-corrected chi connectivity index (χ4v) is 4.88. The summed E-state index contributed by atoms with van der Waals surface area (Å²) in [6.45, 7) is 4.57. The van der Waals surface area contributed by atoms with Crippen LogP contribution in [-0.2, 0) is 24.2 Å². The smallest absolute Gasteiger partial charge is 0.241 e. The molecule has 2 aromatic rings. The number of likely N-dealkylation sites (tertiary alicyclic amines) is 1. The molecule has 132 valence electrons. The Morgan fingerprint density at radius 3 is 2.48 bits per heavy atom. The van der Waals surface area contributed by atoms with E-state index in [4.69, 9.17) is 0 Å². The first kappa shape index (κ1) is 16.7. The third kappa shape index (κ3) is 3.23. The fourth-order valence-electron chi connectivity index (χ4n) is 4.27. The van der Waals surface area contributed by atoms with E-state index in [1.807, 2.05) is 12.3 Å². The normalized spacial score (nSPS) is 19.6. The fraction of sp³-hybridized carbons (Fsp3) is 0.500. The predicted molar refractivity (Wildman–Crippen MR) is 101 cm³/mol. The quantitative estimate of drug-likeness (QED) is 0.917. The van der Waals surface area contributed by atoms with Gasteiger partial charge in [-0.3, -0.25) is 9.69 Å². The summed E-state index contributed by atoms with van der Waals surface area (Å²) in [4.78, 5) is 20.3. The van der Waals surface area contributed by atoms with E-state index < -0.39 is 5.54 Å². The second kappa shape index (κ2) is 6.89. The van der Waals surface area contributed by atoms with Gasteiger partial charge in [0.2, 0.25) is 5.91 Å². The van der Waals surface area contributed by atoms with Crippen molar-refractivity contribution in [3.8, 4) is 0 Å². The van der Waals surface area contributed by atoms with Gasteiger partial charge in [0.25, 0.3) is 0 Å². The van der Waals surface area contributed by atoms with Crippen molar-refractivity contribution in [3.05, 3.63) is 51.5 Å². The maximum atomic E-state index is 13.3. The van der Waals surface area contributed by atoms with Crippen LogP contribution in [-0.4, -0.2) is 34.4 Å². The summed E-state index contributed by atoms with van der Waals surface area (Å²) in [6, 6.07) is 8.53. The summed E-state index contributed by atoms with van der Waals surface area (Å²) in [6.07, 6.45) is 5.31. The molecular weight excluding hydrogens is 330 g/mol. The van der Waals surface area contributed by atoms with Crippen LogP contribution in [0, 0.1) is 6.92 Å². The van der Waals surface area contributed by atoms with E-state index in [9.17, 15) is 4.79 Å². The van der Waals surface area contributed by atoms with E-state index in [2.05, 4.69) is 39.5 Å². The molecule has 1 saturated heterocycles. The highest BCUT2D eigenvalue weighted by molar-refractivity contribution is 7.09. The largest absolute Gasteiger partial charge is 0.349 e. The van der Waals surface area contributed by atoms with Crippen LogP contribution in [0.5, 0.6) is 0 Å². The van der Waals surface area contributed by atoms with Crippen molar-refractivity contribution >= 4 is 17.2 Å². The van der Waals surface area contributed by atoms with Gasteiger partial charge in [0.05, 0.1) is 17.2 Å². The van der Waals surface area contributed by atoms with Crippen LogP contribution in [0.1, 0.15) is 41.1 Å². The van der Waals surface area contributed by atoms with Crippen molar-refractivity contribution in [2.75, 3.05) is 13.1 Å². The van der Waals surface area contributed by atoms with Crippen LogP contribution in [0.3, 0.4) is 0 Å². The van der Waals surface area contributed by atoms with Crippen molar-refractivity contribution in [1.82, 2.24) is 15.2 Å². The zero-order valence-corrected chi connectivity index (χ0v) is 15.6. The maximum absolute atomic E-state index is 13.3. The number of hydrogen-bond acceptors (Lipinski definition) is 4. The third-order valence-electron chi connectivity index (χ3n) is 5.56. The molecule has 1 aromatic carbocycles. The lowest BCUT2D eigenvalue weighted by molar-refractivity contribution is -0.134. The molecule has 0 unspecified atom stereocenters. The number of nitrogens with one attached hydrogen (secondary N) is 1. The number of hydrogen-bond donors (Lipinski definition) is 1.